The fourth-order valence-corrected chi connectivity index (χ4v) is 2.51. The summed E-state index contributed by atoms with van der Waals surface area (Å²) in [5.41, 5.74) is 0. The molecule has 8 heteroatoms. The van der Waals surface area contributed by atoms with Crippen LogP contribution in [0.1, 0.15) is 29.3 Å². The van der Waals surface area contributed by atoms with E-state index in [4.69, 9.17) is 9.47 Å². The first-order valence-electron chi connectivity index (χ1n) is 6.32. The van der Waals surface area contributed by atoms with Crippen LogP contribution in [0.25, 0.3) is 0 Å². The van der Waals surface area contributed by atoms with E-state index in [9.17, 15) is 13.2 Å². The van der Waals surface area contributed by atoms with Gasteiger partial charge in [0.25, 0.3) is 0 Å². The molecule has 1 atom stereocenters. The van der Waals surface area contributed by atoms with Crippen LogP contribution in [0.5, 0.6) is 0 Å². The standard InChI is InChI=1S/C12H19F3N2O2S/c1-3-16-9(4-5-19-7-6-18-2)10-8-17-11(20-10)12(13,14)15/h8-9,16H,3-7H2,1-2H3. The predicted molar refractivity (Wildman–Crippen MR) is 70.8 cm³/mol. The minimum absolute atomic E-state index is 0.170. The van der Waals surface area contributed by atoms with Gasteiger partial charge in [0.15, 0.2) is 5.01 Å². The van der Waals surface area contributed by atoms with Crippen molar-refractivity contribution in [1.82, 2.24) is 10.3 Å². The Morgan fingerprint density at radius 2 is 2.10 bits per heavy atom. The summed E-state index contributed by atoms with van der Waals surface area (Å²) in [5, 5.41) is 2.34. The number of aromatic nitrogens is 1. The van der Waals surface area contributed by atoms with E-state index in [-0.39, 0.29) is 6.04 Å². The number of hydrogen-bond donors (Lipinski definition) is 1. The van der Waals surface area contributed by atoms with Crippen molar-refractivity contribution in [3.05, 3.63) is 16.1 Å². The number of alkyl halides is 3. The van der Waals surface area contributed by atoms with Gasteiger partial charge in [0, 0.05) is 30.8 Å². The van der Waals surface area contributed by atoms with Crippen LogP contribution in [0.3, 0.4) is 0 Å². The summed E-state index contributed by atoms with van der Waals surface area (Å²) < 4.78 is 47.8. The summed E-state index contributed by atoms with van der Waals surface area (Å²) in [6, 6.07) is -0.170. The Kier molecular flexibility index (Phi) is 7.42. The monoisotopic (exact) mass is 312 g/mol. The van der Waals surface area contributed by atoms with E-state index >= 15 is 0 Å². The lowest BCUT2D eigenvalue weighted by atomic mass is 10.2. The second-order valence-electron chi connectivity index (χ2n) is 4.07. The number of nitrogens with zero attached hydrogens (tertiary/aromatic N) is 1. The van der Waals surface area contributed by atoms with Gasteiger partial charge in [-0.05, 0) is 13.0 Å². The molecule has 0 radical (unpaired) electrons. The maximum atomic E-state index is 12.5. The number of ether oxygens (including phenoxy) is 2. The van der Waals surface area contributed by atoms with Crippen molar-refractivity contribution in [3.63, 3.8) is 0 Å². The Morgan fingerprint density at radius 1 is 1.35 bits per heavy atom. The lowest BCUT2D eigenvalue weighted by Gasteiger charge is -2.15. The van der Waals surface area contributed by atoms with Crippen molar-refractivity contribution >= 4 is 11.3 Å². The average molecular weight is 312 g/mol. The second-order valence-corrected chi connectivity index (χ2v) is 5.13. The summed E-state index contributed by atoms with van der Waals surface area (Å²) in [6.07, 6.45) is -2.50. The van der Waals surface area contributed by atoms with Crippen LogP contribution >= 0.6 is 11.3 Å². The first-order chi connectivity index (χ1) is 9.49. The molecular formula is C12H19F3N2O2S. The number of rotatable bonds is 9. The topological polar surface area (TPSA) is 43.4 Å². The third-order valence-corrected chi connectivity index (χ3v) is 3.70. The zero-order valence-corrected chi connectivity index (χ0v) is 12.3. The van der Waals surface area contributed by atoms with Gasteiger partial charge in [-0.25, -0.2) is 4.98 Å². The maximum Gasteiger partial charge on any atom is 0.443 e. The third-order valence-electron chi connectivity index (χ3n) is 2.54. The van der Waals surface area contributed by atoms with Crippen LogP contribution in [0.4, 0.5) is 13.2 Å². The zero-order chi connectivity index (χ0) is 15.0. The average Bonchev–Trinajstić information content (AvgIpc) is 2.86. The molecule has 0 aliphatic rings. The molecule has 0 saturated carbocycles. The Labute approximate surface area is 120 Å². The maximum absolute atomic E-state index is 12.5. The first kappa shape index (κ1) is 17.4. The lowest BCUT2D eigenvalue weighted by molar-refractivity contribution is -0.137. The Bertz CT molecular complexity index is 385. The highest BCUT2D eigenvalue weighted by Crippen LogP contribution is 2.34. The van der Waals surface area contributed by atoms with Gasteiger partial charge >= 0.3 is 6.18 Å². The summed E-state index contributed by atoms with van der Waals surface area (Å²) in [4.78, 5) is 4.02. The molecule has 1 unspecified atom stereocenters. The van der Waals surface area contributed by atoms with Crippen molar-refractivity contribution in [1.29, 1.82) is 0 Å². The number of halogens is 3. The Hall–Kier alpha value is -0.700. The molecule has 1 heterocycles. The van der Waals surface area contributed by atoms with Gasteiger partial charge in [0.2, 0.25) is 0 Å². The molecule has 0 aromatic carbocycles. The van der Waals surface area contributed by atoms with Gasteiger partial charge in [0.1, 0.15) is 0 Å². The van der Waals surface area contributed by atoms with Gasteiger partial charge in [-0.2, -0.15) is 13.2 Å². The normalized spacial score (nSPS) is 13.7. The van der Waals surface area contributed by atoms with Crippen molar-refractivity contribution in [2.24, 2.45) is 0 Å². The fourth-order valence-electron chi connectivity index (χ4n) is 1.62. The van der Waals surface area contributed by atoms with Gasteiger partial charge in [0.05, 0.1) is 13.2 Å². The minimum atomic E-state index is -4.38. The van der Waals surface area contributed by atoms with Crippen molar-refractivity contribution in [3.8, 4) is 0 Å². The van der Waals surface area contributed by atoms with Crippen molar-refractivity contribution in [2.45, 2.75) is 25.6 Å². The SMILES string of the molecule is CCNC(CCOCCOC)c1cnc(C(F)(F)F)s1. The van der Waals surface area contributed by atoms with E-state index in [2.05, 4.69) is 10.3 Å². The molecule has 4 nitrogen and oxygen atoms in total. The molecule has 0 saturated heterocycles. The molecule has 1 rings (SSSR count). The quantitative estimate of drug-likeness (QED) is 0.712. The molecule has 0 spiro atoms. The molecule has 1 aromatic heterocycles. The van der Waals surface area contributed by atoms with E-state index < -0.39 is 11.2 Å². The third kappa shape index (κ3) is 5.74. The first-order valence-corrected chi connectivity index (χ1v) is 7.13. The smallest absolute Gasteiger partial charge is 0.382 e. The summed E-state index contributed by atoms with van der Waals surface area (Å²) in [5.74, 6) is 0. The summed E-state index contributed by atoms with van der Waals surface area (Å²) in [6.45, 7) is 4.02. The van der Waals surface area contributed by atoms with Crippen LogP contribution in [0, 0.1) is 0 Å². The Balaban J connectivity index is 2.54. The molecule has 0 bridgehead atoms. The van der Waals surface area contributed by atoms with E-state index in [1.54, 1.807) is 7.11 Å². The molecule has 116 valence electrons. The predicted octanol–water partition coefficient (Wildman–Crippen LogP) is 2.87. The highest BCUT2D eigenvalue weighted by Gasteiger charge is 2.35. The van der Waals surface area contributed by atoms with Crippen LogP contribution in [-0.2, 0) is 15.7 Å². The van der Waals surface area contributed by atoms with Gasteiger partial charge < -0.3 is 14.8 Å². The molecular weight excluding hydrogens is 293 g/mol. The van der Waals surface area contributed by atoms with Gasteiger partial charge in [-0.15, -0.1) is 11.3 Å². The largest absolute Gasteiger partial charge is 0.443 e. The molecule has 1 aromatic rings. The van der Waals surface area contributed by atoms with Crippen molar-refractivity contribution < 1.29 is 22.6 Å². The fraction of sp³-hybridized carbons (Fsp3) is 0.750. The van der Waals surface area contributed by atoms with E-state index in [0.29, 0.717) is 49.0 Å². The Morgan fingerprint density at radius 3 is 2.65 bits per heavy atom. The van der Waals surface area contributed by atoms with E-state index in [1.165, 1.54) is 6.20 Å². The number of nitrogens with one attached hydrogen (secondary N) is 1. The van der Waals surface area contributed by atoms with Crippen molar-refractivity contribution in [2.75, 3.05) is 33.5 Å². The lowest BCUT2D eigenvalue weighted by Crippen LogP contribution is -2.21. The minimum Gasteiger partial charge on any atom is -0.382 e. The molecule has 1 N–H and O–H groups in total. The van der Waals surface area contributed by atoms with Crippen LogP contribution in [0.2, 0.25) is 0 Å². The summed E-state index contributed by atoms with van der Waals surface area (Å²) in [7, 11) is 1.58. The number of thiazole rings is 1. The number of hydrogen-bond acceptors (Lipinski definition) is 5. The highest BCUT2D eigenvalue weighted by molar-refractivity contribution is 7.11. The second kappa shape index (κ2) is 8.56. The van der Waals surface area contributed by atoms with Crippen LogP contribution in [-0.4, -0.2) is 38.5 Å². The molecule has 20 heavy (non-hydrogen) atoms. The molecule has 0 amide bonds. The number of methoxy groups -OCH3 is 1. The van der Waals surface area contributed by atoms with Crippen LogP contribution in [0.15, 0.2) is 6.20 Å². The molecule has 0 aliphatic carbocycles. The highest BCUT2D eigenvalue weighted by atomic mass is 32.1. The zero-order valence-electron chi connectivity index (χ0n) is 11.5. The molecule has 0 fully saturated rings. The van der Waals surface area contributed by atoms with E-state index in [0.717, 1.165) is 0 Å². The molecule has 0 aliphatic heterocycles. The van der Waals surface area contributed by atoms with E-state index in [1.807, 2.05) is 6.92 Å². The van der Waals surface area contributed by atoms with Crippen LogP contribution < -0.4 is 5.32 Å². The van der Waals surface area contributed by atoms with Gasteiger partial charge in [-0.1, -0.05) is 6.92 Å². The van der Waals surface area contributed by atoms with Gasteiger partial charge in [-0.3, -0.25) is 0 Å². The summed E-state index contributed by atoms with van der Waals surface area (Å²) >= 11 is 0.677.